The minimum Gasteiger partial charge on any atom is -0.385 e. The highest BCUT2D eigenvalue weighted by Gasteiger charge is 2.12. The van der Waals surface area contributed by atoms with Crippen LogP contribution in [0.25, 0.3) is 11.0 Å². The van der Waals surface area contributed by atoms with Gasteiger partial charge >= 0.3 is 0 Å². The lowest BCUT2D eigenvalue weighted by molar-refractivity contribution is -0.121. The molecule has 0 bridgehead atoms. The Morgan fingerprint density at radius 1 is 1.43 bits per heavy atom. The van der Waals surface area contributed by atoms with Gasteiger partial charge in [0.2, 0.25) is 5.91 Å². The fourth-order valence-electron chi connectivity index (χ4n) is 2.27. The van der Waals surface area contributed by atoms with E-state index in [1.54, 1.807) is 7.11 Å². The highest BCUT2D eigenvalue weighted by Crippen LogP contribution is 2.16. The zero-order valence-electron chi connectivity index (χ0n) is 12.3. The van der Waals surface area contributed by atoms with Crippen molar-refractivity contribution < 1.29 is 9.53 Å². The number of para-hydroxylation sites is 2. The average molecular weight is 290 g/mol. The number of nitrogens with one attached hydrogen (secondary N) is 1. The molecule has 3 N–H and O–H groups in total. The first kappa shape index (κ1) is 15.5. The molecular weight excluding hydrogens is 268 g/mol. The van der Waals surface area contributed by atoms with Gasteiger partial charge < -0.3 is 20.4 Å². The van der Waals surface area contributed by atoms with Crippen molar-refractivity contribution in [3.8, 4) is 0 Å². The molecule has 0 saturated carbocycles. The van der Waals surface area contributed by atoms with Gasteiger partial charge in [-0.05, 0) is 25.1 Å². The number of aromatic nitrogens is 2. The van der Waals surface area contributed by atoms with E-state index < -0.39 is 0 Å². The first-order chi connectivity index (χ1) is 10.3. The number of carbonyl (C=O) groups is 1. The van der Waals surface area contributed by atoms with E-state index in [-0.39, 0.29) is 12.5 Å². The monoisotopic (exact) mass is 290 g/mol. The molecular formula is C15H22N4O2. The third kappa shape index (κ3) is 4.03. The lowest BCUT2D eigenvalue weighted by Crippen LogP contribution is -2.29. The predicted molar refractivity (Wildman–Crippen MR) is 82.0 cm³/mol. The molecule has 1 heterocycles. The van der Waals surface area contributed by atoms with Gasteiger partial charge in [0.1, 0.15) is 12.4 Å². The van der Waals surface area contributed by atoms with Crippen LogP contribution in [0.1, 0.15) is 12.2 Å². The summed E-state index contributed by atoms with van der Waals surface area (Å²) >= 11 is 0. The third-order valence-corrected chi connectivity index (χ3v) is 3.25. The Morgan fingerprint density at radius 2 is 2.24 bits per heavy atom. The van der Waals surface area contributed by atoms with Crippen LogP contribution >= 0.6 is 0 Å². The maximum Gasteiger partial charge on any atom is 0.240 e. The Labute approximate surface area is 124 Å². The van der Waals surface area contributed by atoms with E-state index in [4.69, 9.17) is 10.5 Å². The SMILES string of the molecule is COCCCNC(=O)Cn1c(CCN)nc2ccccc21. The molecule has 1 aromatic heterocycles. The molecule has 0 saturated heterocycles. The van der Waals surface area contributed by atoms with Crippen molar-refractivity contribution in [2.75, 3.05) is 26.8 Å². The highest BCUT2D eigenvalue weighted by atomic mass is 16.5. The quantitative estimate of drug-likeness (QED) is 0.701. The van der Waals surface area contributed by atoms with Gasteiger partial charge in [-0.15, -0.1) is 0 Å². The zero-order valence-corrected chi connectivity index (χ0v) is 12.3. The van der Waals surface area contributed by atoms with Crippen molar-refractivity contribution in [2.24, 2.45) is 5.73 Å². The fraction of sp³-hybridized carbons (Fsp3) is 0.467. The Bertz CT molecular complexity index is 594. The van der Waals surface area contributed by atoms with Crippen molar-refractivity contribution in [3.05, 3.63) is 30.1 Å². The Hall–Kier alpha value is -1.92. The molecule has 0 radical (unpaired) electrons. The summed E-state index contributed by atoms with van der Waals surface area (Å²) in [6.07, 6.45) is 1.47. The van der Waals surface area contributed by atoms with Crippen molar-refractivity contribution in [1.82, 2.24) is 14.9 Å². The van der Waals surface area contributed by atoms with Crippen molar-refractivity contribution in [2.45, 2.75) is 19.4 Å². The number of nitrogens with two attached hydrogens (primary N) is 1. The molecule has 1 aromatic carbocycles. The largest absolute Gasteiger partial charge is 0.385 e. The van der Waals surface area contributed by atoms with Gasteiger partial charge in [-0.2, -0.15) is 0 Å². The molecule has 0 aliphatic heterocycles. The number of hydrogen-bond donors (Lipinski definition) is 2. The smallest absolute Gasteiger partial charge is 0.240 e. The number of amides is 1. The topological polar surface area (TPSA) is 82.2 Å². The maximum atomic E-state index is 12.0. The summed E-state index contributed by atoms with van der Waals surface area (Å²) in [7, 11) is 1.65. The number of nitrogens with zero attached hydrogens (tertiary/aromatic N) is 2. The molecule has 0 aliphatic rings. The lowest BCUT2D eigenvalue weighted by Gasteiger charge is -2.09. The molecule has 114 valence electrons. The fourth-order valence-corrected chi connectivity index (χ4v) is 2.27. The Morgan fingerprint density at radius 3 is 3.00 bits per heavy atom. The van der Waals surface area contributed by atoms with Crippen LogP contribution in [0, 0.1) is 0 Å². The molecule has 0 unspecified atom stereocenters. The third-order valence-electron chi connectivity index (χ3n) is 3.25. The molecule has 6 heteroatoms. The van der Waals surface area contributed by atoms with Gasteiger partial charge in [0.15, 0.2) is 0 Å². The molecule has 2 rings (SSSR count). The summed E-state index contributed by atoms with van der Waals surface area (Å²) < 4.78 is 6.90. The molecule has 6 nitrogen and oxygen atoms in total. The Balaban J connectivity index is 2.08. The second-order valence-corrected chi connectivity index (χ2v) is 4.84. The van der Waals surface area contributed by atoms with Crippen LogP contribution in [-0.4, -0.2) is 42.3 Å². The molecule has 1 amide bonds. The second-order valence-electron chi connectivity index (χ2n) is 4.84. The van der Waals surface area contributed by atoms with Crippen LogP contribution in [0.3, 0.4) is 0 Å². The number of ether oxygens (including phenoxy) is 1. The summed E-state index contributed by atoms with van der Waals surface area (Å²) in [6, 6.07) is 7.81. The van der Waals surface area contributed by atoms with Crippen LogP contribution in [0.2, 0.25) is 0 Å². The summed E-state index contributed by atoms with van der Waals surface area (Å²) in [5, 5.41) is 2.89. The number of benzene rings is 1. The van der Waals surface area contributed by atoms with Gasteiger partial charge in [-0.3, -0.25) is 4.79 Å². The molecule has 0 atom stereocenters. The minimum atomic E-state index is -0.0208. The van der Waals surface area contributed by atoms with E-state index in [0.29, 0.717) is 26.1 Å². The summed E-state index contributed by atoms with van der Waals surface area (Å²) in [6.45, 7) is 2.04. The van der Waals surface area contributed by atoms with E-state index in [1.807, 2.05) is 28.8 Å². The van der Waals surface area contributed by atoms with Crippen LogP contribution in [0.5, 0.6) is 0 Å². The number of imidazole rings is 1. The lowest BCUT2D eigenvalue weighted by atomic mass is 10.3. The van der Waals surface area contributed by atoms with Crippen molar-refractivity contribution >= 4 is 16.9 Å². The molecule has 2 aromatic rings. The van der Waals surface area contributed by atoms with Gasteiger partial charge in [0.05, 0.1) is 11.0 Å². The van der Waals surface area contributed by atoms with E-state index in [1.165, 1.54) is 0 Å². The van der Waals surface area contributed by atoms with E-state index >= 15 is 0 Å². The number of hydrogen-bond acceptors (Lipinski definition) is 4. The van der Waals surface area contributed by atoms with E-state index in [0.717, 1.165) is 23.3 Å². The Kier molecular flexibility index (Phi) is 5.71. The van der Waals surface area contributed by atoms with E-state index in [2.05, 4.69) is 10.3 Å². The highest BCUT2D eigenvalue weighted by molar-refractivity contribution is 5.81. The standard InChI is InChI=1S/C15H22N4O2/c1-21-10-4-9-17-15(20)11-19-13-6-3-2-5-12(13)18-14(19)7-8-16/h2-3,5-6H,4,7-11,16H2,1H3,(H,17,20). The number of carbonyl (C=O) groups excluding carboxylic acids is 1. The second kappa shape index (κ2) is 7.75. The van der Waals surface area contributed by atoms with Crippen molar-refractivity contribution in [1.29, 1.82) is 0 Å². The minimum absolute atomic E-state index is 0.0208. The number of rotatable bonds is 8. The first-order valence-electron chi connectivity index (χ1n) is 7.16. The van der Waals surface area contributed by atoms with Crippen LogP contribution in [0.15, 0.2) is 24.3 Å². The number of methoxy groups -OCH3 is 1. The number of fused-ring (bicyclic) bond motifs is 1. The predicted octanol–water partition coefficient (Wildman–Crippen LogP) is 0.690. The van der Waals surface area contributed by atoms with Gasteiger partial charge in [-0.25, -0.2) is 4.98 Å². The summed E-state index contributed by atoms with van der Waals surface area (Å²) in [5.74, 6) is 0.832. The maximum absolute atomic E-state index is 12.0. The van der Waals surface area contributed by atoms with Gasteiger partial charge in [0.25, 0.3) is 0 Å². The zero-order chi connectivity index (χ0) is 15.1. The average Bonchev–Trinajstić information content (AvgIpc) is 2.82. The molecule has 0 fully saturated rings. The van der Waals surface area contributed by atoms with Gasteiger partial charge in [0, 0.05) is 26.7 Å². The van der Waals surface area contributed by atoms with Crippen molar-refractivity contribution in [3.63, 3.8) is 0 Å². The van der Waals surface area contributed by atoms with Crippen LogP contribution < -0.4 is 11.1 Å². The van der Waals surface area contributed by atoms with Crippen LogP contribution in [-0.2, 0) is 22.5 Å². The normalized spacial score (nSPS) is 11.0. The first-order valence-corrected chi connectivity index (χ1v) is 7.16. The molecule has 0 aliphatic carbocycles. The van der Waals surface area contributed by atoms with Crippen LogP contribution in [0.4, 0.5) is 0 Å². The molecule has 0 spiro atoms. The van der Waals surface area contributed by atoms with Gasteiger partial charge in [-0.1, -0.05) is 12.1 Å². The van der Waals surface area contributed by atoms with E-state index in [9.17, 15) is 4.79 Å². The summed E-state index contributed by atoms with van der Waals surface area (Å²) in [4.78, 5) is 16.6. The molecule has 21 heavy (non-hydrogen) atoms. The summed E-state index contributed by atoms with van der Waals surface area (Å²) in [5.41, 5.74) is 7.49.